The molecule has 1 saturated heterocycles. The minimum absolute atomic E-state index is 0.157. The molecule has 2 aromatic carbocycles. The Labute approximate surface area is 142 Å². The van der Waals surface area contributed by atoms with Crippen molar-refractivity contribution in [1.29, 1.82) is 0 Å². The van der Waals surface area contributed by atoms with E-state index in [1.54, 1.807) is 7.11 Å². The molecule has 126 valence electrons. The van der Waals surface area contributed by atoms with E-state index in [2.05, 4.69) is 12.1 Å². The molecule has 4 heteroatoms. The summed E-state index contributed by atoms with van der Waals surface area (Å²) in [4.78, 5) is 11.2. The molecule has 2 fully saturated rings. The second-order valence-corrected chi connectivity index (χ2v) is 6.49. The van der Waals surface area contributed by atoms with Crippen molar-refractivity contribution < 1.29 is 19.2 Å². The number of benzene rings is 2. The number of methoxy groups -OCH3 is 1. The summed E-state index contributed by atoms with van der Waals surface area (Å²) in [6.45, 7) is 0. The van der Waals surface area contributed by atoms with Crippen molar-refractivity contribution >= 4 is 0 Å². The molecule has 1 saturated carbocycles. The van der Waals surface area contributed by atoms with E-state index in [1.165, 1.54) is 18.4 Å². The van der Waals surface area contributed by atoms with Crippen LogP contribution < -0.4 is 4.74 Å². The standard InChI is InChI=1S/C20H22O4/c1-21-17-11-9-16(10-12-17)20(13-5-6-14-20)19-22-18(23-24-19)15-7-3-2-4-8-15/h2-4,7-12,18-19H,5-6,13-14H2,1H3. The first-order valence-electron chi connectivity index (χ1n) is 8.49. The van der Waals surface area contributed by atoms with Crippen LogP contribution in [-0.2, 0) is 19.9 Å². The molecule has 2 atom stereocenters. The zero-order valence-electron chi connectivity index (χ0n) is 13.8. The molecule has 2 unspecified atom stereocenters. The molecule has 0 bridgehead atoms. The van der Waals surface area contributed by atoms with Gasteiger partial charge < -0.3 is 9.47 Å². The number of rotatable bonds is 4. The molecule has 0 spiro atoms. The van der Waals surface area contributed by atoms with Gasteiger partial charge in [-0.15, -0.1) is 0 Å². The van der Waals surface area contributed by atoms with E-state index >= 15 is 0 Å². The molecular formula is C20H22O4. The summed E-state index contributed by atoms with van der Waals surface area (Å²) < 4.78 is 11.4. The lowest BCUT2D eigenvalue weighted by atomic mass is 9.78. The van der Waals surface area contributed by atoms with Gasteiger partial charge in [0.2, 0.25) is 12.6 Å². The third kappa shape index (κ3) is 2.71. The van der Waals surface area contributed by atoms with Crippen molar-refractivity contribution in [2.45, 2.75) is 43.7 Å². The predicted molar refractivity (Wildman–Crippen MR) is 89.4 cm³/mol. The van der Waals surface area contributed by atoms with Gasteiger partial charge in [-0.3, -0.25) is 0 Å². The van der Waals surface area contributed by atoms with Gasteiger partial charge in [-0.1, -0.05) is 55.3 Å². The normalized spacial score (nSPS) is 25.7. The maximum Gasteiger partial charge on any atom is 0.220 e. The fraction of sp³-hybridized carbons (Fsp3) is 0.400. The van der Waals surface area contributed by atoms with Crippen molar-refractivity contribution in [1.82, 2.24) is 0 Å². The Hall–Kier alpha value is -1.88. The summed E-state index contributed by atoms with van der Waals surface area (Å²) in [6, 6.07) is 18.1. The third-order valence-electron chi connectivity index (χ3n) is 5.16. The highest BCUT2D eigenvalue weighted by Crippen LogP contribution is 2.49. The maximum absolute atomic E-state index is 6.17. The molecule has 0 aromatic heterocycles. The first kappa shape index (κ1) is 15.6. The van der Waals surface area contributed by atoms with Crippen LogP contribution in [-0.4, -0.2) is 13.4 Å². The predicted octanol–water partition coefficient (Wildman–Crippen LogP) is 4.51. The topological polar surface area (TPSA) is 36.9 Å². The van der Waals surface area contributed by atoms with Gasteiger partial charge in [-0.2, -0.15) is 4.89 Å². The number of hydrogen-bond acceptors (Lipinski definition) is 4. The van der Waals surface area contributed by atoms with Crippen LogP contribution in [0, 0.1) is 0 Å². The van der Waals surface area contributed by atoms with Crippen LogP contribution in [0.25, 0.3) is 0 Å². The minimum atomic E-state index is -0.466. The van der Waals surface area contributed by atoms with Gasteiger partial charge in [0.05, 0.1) is 7.11 Å². The molecule has 1 aliphatic heterocycles. The van der Waals surface area contributed by atoms with E-state index in [-0.39, 0.29) is 5.41 Å². The van der Waals surface area contributed by atoms with Gasteiger partial charge in [0, 0.05) is 11.0 Å². The lowest BCUT2D eigenvalue weighted by Gasteiger charge is -2.32. The second-order valence-electron chi connectivity index (χ2n) is 6.49. The van der Waals surface area contributed by atoms with Crippen LogP contribution in [0.3, 0.4) is 0 Å². The van der Waals surface area contributed by atoms with E-state index in [0.29, 0.717) is 0 Å². The SMILES string of the molecule is COc1ccc(C2(C3OOC(c4ccccc4)O3)CCCC2)cc1. The molecule has 0 radical (unpaired) electrons. The molecule has 1 heterocycles. The number of ether oxygens (including phenoxy) is 2. The van der Waals surface area contributed by atoms with E-state index in [0.717, 1.165) is 24.2 Å². The van der Waals surface area contributed by atoms with Crippen molar-refractivity contribution in [2.24, 2.45) is 0 Å². The van der Waals surface area contributed by atoms with Gasteiger partial charge in [-0.05, 0) is 30.5 Å². The van der Waals surface area contributed by atoms with Crippen LogP contribution in [0.2, 0.25) is 0 Å². The molecule has 2 aromatic rings. The quantitative estimate of drug-likeness (QED) is 0.775. The molecular weight excluding hydrogens is 304 g/mol. The van der Waals surface area contributed by atoms with Crippen LogP contribution >= 0.6 is 0 Å². The third-order valence-corrected chi connectivity index (χ3v) is 5.16. The lowest BCUT2D eigenvalue weighted by molar-refractivity contribution is -0.308. The molecule has 2 aliphatic rings. The van der Waals surface area contributed by atoms with Crippen LogP contribution in [0.4, 0.5) is 0 Å². The highest BCUT2D eigenvalue weighted by molar-refractivity contribution is 5.34. The van der Waals surface area contributed by atoms with Crippen molar-refractivity contribution in [3.05, 3.63) is 65.7 Å². The van der Waals surface area contributed by atoms with Crippen molar-refractivity contribution in [3.63, 3.8) is 0 Å². The highest BCUT2D eigenvalue weighted by atomic mass is 17.3. The summed E-state index contributed by atoms with van der Waals surface area (Å²) >= 11 is 0. The van der Waals surface area contributed by atoms with E-state index in [9.17, 15) is 0 Å². The first-order valence-corrected chi connectivity index (χ1v) is 8.49. The van der Waals surface area contributed by atoms with Gasteiger partial charge in [0.25, 0.3) is 0 Å². The van der Waals surface area contributed by atoms with Gasteiger partial charge in [-0.25, -0.2) is 4.89 Å². The van der Waals surface area contributed by atoms with Crippen molar-refractivity contribution in [2.75, 3.05) is 7.11 Å². The first-order chi connectivity index (χ1) is 11.8. The Kier molecular flexibility index (Phi) is 4.27. The van der Waals surface area contributed by atoms with Crippen LogP contribution in [0.15, 0.2) is 54.6 Å². The summed E-state index contributed by atoms with van der Waals surface area (Å²) in [7, 11) is 1.68. The molecule has 0 N–H and O–H groups in total. The largest absolute Gasteiger partial charge is 0.497 e. The Balaban J connectivity index is 1.59. The zero-order valence-corrected chi connectivity index (χ0v) is 13.8. The summed E-state index contributed by atoms with van der Waals surface area (Å²) in [5, 5.41) is 0. The average Bonchev–Trinajstić information content (AvgIpc) is 3.33. The minimum Gasteiger partial charge on any atom is -0.497 e. The van der Waals surface area contributed by atoms with Gasteiger partial charge in [0.15, 0.2) is 0 Å². The molecule has 4 nitrogen and oxygen atoms in total. The van der Waals surface area contributed by atoms with Crippen molar-refractivity contribution in [3.8, 4) is 5.75 Å². The Morgan fingerprint density at radius 2 is 1.62 bits per heavy atom. The van der Waals surface area contributed by atoms with E-state index in [4.69, 9.17) is 19.2 Å². The highest BCUT2D eigenvalue weighted by Gasteiger charge is 2.49. The fourth-order valence-corrected chi connectivity index (χ4v) is 3.81. The molecule has 4 rings (SSSR count). The smallest absolute Gasteiger partial charge is 0.220 e. The average molecular weight is 326 g/mol. The molecule has 24 heavy (non-hydrogen) atoms. The summed E-state index contributed by atoms with van der Waals surface area (Å²) in [5.41, 5.74) is 2.04. The van der Waals surface area contributed by atoms with E-state index < -0.39 is 12.6 Å². The summed E-state index contributed by atoms with van der Waals surface area (Å²) in [6.07, 6.45) is 3.56. The zero-order chi connectivity index (χ0) is 16.4. The van der Waals surface area contributed by atoms with Crippen LogP contribution in [0.5, 0.6) is 5.75 Å². The monoisotopic (exact) mass is 326 g/mol. The number of hydrogen-bond donors (Lipinski definition) is 0. The molecule has 1 aliphatic carbocycles. The second kappa shape index (κ2) is 6.55. The van der Waals surface area contributed by atoms with Gasteiger partial charge in [0.1, 0.15) is 5.75 Å². The van der Waals surface area contributed by atoms with Crippen LogP contribution in [0.1, 0.15) is 43.1 Å². The lowest BCUT2D eigenvalue weighted by Crippen LogP contribution is -2.37. The summed E-state index contributed by atoms with van der Waals surface area (Å²) in [5.74, 6) is 0.860. The Bertz CT molecular complexity index is 662. The van der Waals surface area contributed by atoms with E-state index in [1.807, 2.05) is 42.5 Å². The maximum atomic E-state index is 6.17. The fourth-order valence-electron chi connectivity index (χ4n) is 3.81. The Morgan fingerprint density at radius 1 is 0.917 bits per heavy atom. The van der Waals surface area contributed by atoms with Gasteiger partial charge >= 0.3 is 0 Å². The Morgan fingerprint density at radius 3 is 2.29 bits per heavy atom. The molecule has 0 amide bonds.